The van der Waals surface area contributed by atoms with Crippen molar-refractivity contribution >= 4 is 34.6 Å². The summed E-state index contributed by atoms with van der Waals surface area (Å²) >= 11 is 11.2. The van der Waals surface area contributed by atoms with Gasteiger partial charge in [0.15, 0.2) is 5.11 Å². The third-order valence-electron chi connectivity index (χ3n) is 3.02. The highest BCUT2D eigenvalue weighted by molar-refractivity contribution is 7.80. The minimum atomic E-state index is 0.212. The molecule has 2 rings (SSSR count). The third-order valence-corrected chi connectivity index (χ3v) is 3.49. The first-order valence-electron chi connectivity index (χ1n) is 6.57. The van der Waals surface area contributed by atoms with E-state index in [1.807, 2.05) is 42.5 Å². The van der Waals surface area contributed by atoms with Gasteiger partial charge in [-0.2, -0.15) is 0 Å². The van der Waals surface area contributed by atoms with Crippen molar-refractivity contribution in [2.45, 2.75) is 19.4 Å². The molecule has 2 N–H and O–H groups in total. The number of hydrogen-bond acceptors (Lipinski definition) is 1. The van der Waals surface area contributed by atoms with Gasteiger partial charge in [-0.1, -0.05) is 48.9 Å². The fraction of sp³-hybridized carbons (Fsp3) is 0.188. The van der Waals surface area contributed by atoms with Crippen molar-refractivity contribution in [2.75, 3.05) is 5.32 Å². The van der Waals surface area contributed by atoms with Gasteiger partial charge < -0.3 is 10.6 Å². The molecule has 2 nitrogen and oxygen atoms in total. The van der Waals surface area contributed by atoms with Gasteiger partial charge in [0, 0.05) is 10.7 Å². The lowest BCUT2D eigenvalue weighted by molar-refractivity contribution is 0.629. The van der Waals surface area contributed by atoms with Crippen molar-refractivity contribution in [1.29, 1.82) is 0 Å². The highest BCUT2D eigenvalue weighted by atomic mass is 35.5. The standard InChI is InChI=1S/C16H17ClN2S/c1-2-15(12-6-4-3-5-7-12)19-16(20)18-14-10-8-13(17)9-11-14/h3-11,15H,2H2,1H3,(H2,18,19,20)/t15-/m0/s1. The molecule has 0 radical (unpaired) electrons. The monoisotopic (exact) mass is 304 g/mol. The summed E-state index contributed by atoms with van der Waals surface area (Å²) in [6.07, 6.45) is 0.965. The smallest absolute Gasteiger partial charge is 0.171 e. The van der Waals surface area contributed by atoms with E-state index in [4.69, 9.17) is 23.8 Å². The lowest BCUT2D eigenvalue weighted by atomic mass is 10.1. The molecule has 0 fully saturated rings. The van der Waals surface area contributed by atoms with Gasteiger partial charge >= 0.3 is 0 Å². The zero-order valence-electron chi connectivity index (χ0n) is 11.3. The lowest BCUT2D eigenvalue weighted by Crippen LogP contribution is -2.32. The van der Waals surface area contributed by atoms with Gasteiger partial charge in [-0.3, -0.25) is 0 Å². The molecule has 0 aliphatic rings. The van der Waals surface area contributed by atoms with Gasteiger partial charge in [0.1, 0.15) is 0 Å². The number of halogens is 1. The average Bonchev–Trinajstić information content (AvgIpc) is 2.48. The molecule has 20 heavy (non-hydrogen) atoms. The number of hydrogen-bond donors (Lipinski definition) is 2. The van der Waals surface area contributed by atoms with Gasteiger partial charge in [0.25, 0.3) is 0 Å². The summed E-state index contributed by atoms with van der Waals surface area (Å²) in [5.74, 6) is 0. The van der Waals surface area contributed by atoms with Crippen molar-refractivity contribution in [1.82, 2.24) is 5.32 Å². The Kier molecular flexibility index (Phi) is 5.39. The van der Waals surface area contributed by atoms with E-state index in [0.29, 0.717) is 10.1 Å². The van der Waals surface area contributed by atoms with E-state index in [1.165, 1.54) is 5.56 Å². The SMILES string of the molecule is CC[C@H](NC(=S)Nc1ccc(Cl)cc1)c1ccccc1. The molecule has 2 aromatic rings. The Hall–Kier alpha value is -1.58. The summed E-state index contributed by atoms with van der Waals surface area (Å²) in [5.41, 5.74) is 2.16. The average molecular weight is 305 g/mol. The van der Waals surface area contributed by atoms with Crippen LogP contribution in [0.15, 0.2) is 54.6 Å². The van der Waals surface area contributed by atoms with Gasteiger partial charge in [-0.15, -0.1) is 0 Å². The number of thiocarbonyl (C=S) groups is 1. The van der Waals surface area contributed by atoms with Gasteiger partial charge in [0.05, 0.1) is 6.04 Å². The quantitative estimate of drug-likeness (QED) is 0.795. The van der Waals surface area contributed by atoms with Crippen LogP contribution in [0.4, 0.5) is 5.69 Å². The van der Waals surface area contributed by atoms with E-state index in [0.717, 1.165) is 12.1 Å². The van der Waals surface area contributed by atoms with E-state index >= 15 is 0 Å². The second kappa shape index (κ2) is 7.27. The first kappa shape index (κ1) is 14.8. The Labute approximate surface area is 130 Å². The maximum Gasteiger partial charge on any atom is 0.171 e. The van der Waals surface area contributed by atoms with Crippen molar-refractivity contribution in [3.8, 4) is 0 Å². The van der Waals surface area contributed by atoms with Crippen molar-refractivity contribution < 1.29 is 0 Å². The van der Waals surface area contributed by atoms with Gasteiger partial charge in [-0.25, -0.2) is 0 Å². The van der Waals surface area contributed by atoms with Gasteiger partial charge in [0.2, 0.25) is 0 Å². The van der Waals surface area contributed by atoms with Crippen molar-refractivity contribution in [3.05, 3.63) is 65.2 Å². The van der Waals surface area contributed by atoms with E-state index in [2.05, 4.69) is 29.7 Å². The molecule has 2 aromatic carbocycles. The van der Waals surface area contributed by atoms with Crippen LogP contribution in [-0.4, -0.2) is 5.11 Å². The predicted molar refractivity (Wildman–Crippen MR) is 90.3 cm³/mol. The highest BCUT2D eigenvalue weighted by Gasteiger charge is 2.09. The summed E-state index contributed by atoms with van der Waals surface area (Å²) in [5, 5.41) is 7.83. The maximum atomic E-state index is 5.86. The normalized spacial score (nSPS) is 11.7. The highest BCUT2D eigenvalue weighted by Crippen LogP contribution is 2.17. The van der Waals surface area contributed by atoms with Crippen LogP contribution in [0.5, 0.6) is 0 Å². The largest absolute Gasteiger partial charge is 0.356 e. The molecule has 104 valence electrons. The predicted octanol–water partition coefficient (Wildman–Crippen LogP) is 4.78. The van der Waals surface area contributed by atoms with Crippen molar-refractivity contribution in [2.24, 2.45) is 0 Å². The minimum absolute atomic E-state index is 0.212. The topological polar surface area (TPSA) is 24.1 Å². The maximum absolute atomic E-state index is 5.86. The summed E-state index contributed by atoms with van der Waals surface area (Å²) in [6.45, 7) is 2.13. The molecule has 0 amide bonds. The Morgan fingerprint density at radius 2 is 1.75 bits per heavy atom. The number of rotatable bonds is 4. The molecular formula is C16H17ClN2S. The van der Waals surface area contributed by atoms with Crippen LogP contribution in [0.3, 0.4) is 0 Å². The van der Waals surface area contributed by atoms with Crippen LogP contribution in [0, 0.1) is 0 Å². The fourth-order valence-corrected chi connectivity index (χ4v) is 2.35. The number of benzene rings is 2. The molecule has 0 spiro atoms. The van der Waals surface area contributed by atoms with Crippen LogP contribution < -0.4 is 10.6 Å². The first-order chi connectivity index (χ1) is 9.69. The van der Waals surface area contributed by atoms with E-state index in [1.54, 1.807) is 0 Å². The summed E-state index contributed by atoms with van der Waals surface area (Å²) in [6, 6.07) is 18.0. The molecule has 0 aliphatic heterocycles. The molecule has 0 saturated heterocycles. The molecule has 4 heteroatoms. The van der Waals surface area contributed by atoms with Crippen LogP contribution >= 0.6 is 23.8 Å². The molecule has 0 aliphatic carbocycles. The van der Waals surface area contributed by atoms with Crippen LogP contribution in [0.2, 0.25) is 5.02 Å². The van der Waals surface area contributed by atoms with Crippen molar-refractivity contribution in [3.63, 3.8) is 0 Å². The zero-order valence-corrected chi connectivity index (χ0v) is 12.8. The molecule has 0 bridgehead atoms. The molecule has 0 heterocycles. The van der Waals surface area contributed by atoms with E-state index in [9.17, 15) is 0 Å². The van der Waals surface area contributed by atoms with Crippen LogP contribution in [0.1, 0.15) is 24.9 Å². The molecule has 0 aromatic heterocycles. The first-order valence-corrected chi connectivity index (χ1v) is 7.35. The fourth-order valence-electron chi connectivity index (χ4n) is 1.97. The second-order valence-corrected chi connectivity index (χ2v) is 5.32. The minimum Gasteiger partial charge on any atom is -0.356 e. The Morgan fingerprint density at radius 1 is 1.10 bits per heavy atom. The van der Waals surface area contributed by atoms with Crippen LogP contribution in [0.25, 0.3) is 0 Å². The molecular weight excluding hydrogens is 288 g/mol. The summed E-state index contributed by atoms with van der Waals surface area (Å²) in [7, 11) is 0. The summed E-state index contributed by atoms with van der Waals surface area (Å²) in [4.78, 5) is 0. The molecule has 0 unspecified atom stereocenters. The van der Waals surface area contributed by atoms with E-state index in [-0.39, 0.29) is 6.04 Å². The zero-order chi connectivity index (χ0) is 14.4. The Bertz CT molecular complexity index is 554. The Balaban J connectivity index is 1.97. The number of nitrogens with one attached hydrogen (secondary N) is 2. The van der Waals surface area contributed by atoms with Gasteiger partial charge in [-0.05, 0) is 48.5 Å². The third kappa shape index (κ3) is 4.22. The second-order valence-electron chi connectivity index (χ2n) is 4.48. The number of anilines is 1. The summed E-state index contributed by atoms with van der Waals surface area (Å²) < 4.78 is 0. The van der Waals surface area contributed by atoms with E-state index < -0.39 is 0 Å². The van der Waals surface area contributed by atoms with Crippen LogP contribution in [-0.2, 0) is 0 Å². The molecule has 0 saturated carbocycles. The molecule has 1 atom stereocenters. The lowest BCUT2D eigenvalue weighted by Gasteiger charge is -2.20. The Morgan fingerprint density at radius 3 is 2.35 bits per heavy atom.